The van der Waals surface area contributed by atoms with Crippen LogP contribution in [0.5, 0.6) is 0 Å². The molecule has 0 aromatic rings. The molecule has 0 spiro atoms. The fraction of sp³-hybridized carbons (Fsp3) is 0.909. The van der Waals surface area contributed by atoms with Crippen molar-refractivity contribution in [1.82, 2.24) is 10.6 Å². The van der Waals surface area contributed by atoms with E-state index < -0.39 is 0 Å². The highest BCUT2D eigenvalue weighted by atomic mass is 16.5. The maximum atomic E-state index is 11.8. The highest BCUT2D eigenvalue weighted by Gasteiger charge is 2.23. The molecule has 0 radical (unpaired) electrons. The Morgan fingerprint density at radius 2 is 2.20 bits per heavy atom. The molecule has 4 heteroatoms. The van der Waals surface area contributed by atoms with Gasteiger partial charge in [0, 0.05) is 6.61 Å². The van der Waals surface area contributed by atoms with Crippen molar-refractivity contribution < 1.29 is 9.53 Å². The second-order valence-electron chi connectivity index (χ2n) is 4.43. The van der Waals surface area contributed by atoms with Gasteiger partial charge in [0.05, 0.1) is 18.7 Å². The molecule has 2 saturated heterocycles. The SMILES string of the molecule is O=C(NC1CCCOC1)[C@@H]1CCCCN1. The van der Waals surface area contributed by atoms with Crippen molar-refractivity contribution in [3.63, 3.8) is 0 Å². The summed E-state index contributed by atoms with van der Waals surface area (Å²) in [7, 11) is 0. The summed E-state index contributed by atoms with van der Waals surface area (Å²) in [6.45, 7) is 2.49. The van der Waals surface area contributed by atoms with E-state index in [1.807, 2.05) is 0 Å². The van der Waals surface area contributed by atoms with Crippen LogP contribution in [0.1, 0.15) is 32.1 Å². The van der Waals surface area contributed by atoms with Gasteiger partial charge in [-0.15, -0.1) is 0 Å². The molecule has 0 saturated carbocycles. The minimum atomic E-state index is 0.0284. The summed E-state index contributed by atoms with van der Waals surface area (Å²) in [5, 5.41) is 6.32. The van der Waals surface area contributed by atoms with E-state index in [4.69, 9.17) is 4.74 Å². The zero-order chi connectivity index (χ0) is 10.5. The van der Waals surface area contributed by atoms with E-state index in [-0.39, 0.29) is 18.0 Å². The van der Waals surface area contributed by atoms with Crippen LogP contribution in [0, 0.1) is 0 Å². The molecule has 0 bridgehead atoms. The number of ether oxygens (including phenoxy) is 1. The van der Waals surface area contributed by atoms with E-state index in [1.165, 1.54) is 6.42 Å². The van der Waals surface area contributed by atoms with Crippen molar-refractivity contribution >= 4 is 5.91 Å². The lowest BCUT2D eigenvalue weighted by atomic mass is 10.0. The molecule has 0 aliphatic carbocycles. The summed E-state index contributed by atoms with van der Waals surface area (Å²) >= 11 is 0. The molecule has 0 aromatic carbocycles. The monoisotopic (exact) mass is 212 g/mol. The number of carbonyl (C=O) groups excluding carboxylic acids is 1. The molecule has 2 N–H and O–H groups in total. The van der Waals surface area contributed by atoms with Gasteiger partial charge in [0.2, 0.25) is 5.91 Å². The van der Waals surface area contributed by atoms with Crippen LogP contribution in [0.25, 0.3) is 0 Å². The second kappa shape index (κ2) is 5.47. The van der Waals surface area contributed by atoms with Crippen LogP contribution in [0.15, 0.2) is 0 Å². The molecule has 0 aromatic heterocycles. The number of piperidine rings is 1. The molecule has 15 heavy (non-hydrogen) atoms. The Kier molecular flexibility index (Phi) is 3.97. The minimum absolute atomic E-state index is 0.0284. The average molecular weight is 212 g/mol. The first-order valence-electron chi connectivity index (χ1n) is 5.98. The molecule has 1 unspecified atom stereocenters. The van der Waals surface area contributed by atoms with Gasteiger partial charge in [-0.2, -0.15) is 0 Å². The van der Waals surface area contributed by atoms with Gasteiger partial charge in [-0.25, -0.2) is 0 Å². The largest absolute Gasteiger partial charge is 0.379 e. The first-order valence-corrected chi connectivity index (χ1v) is 5.98. The number of hydrogen-bond donors (Lipinski definition) is 2. The molecule has 86 valence electrons. The van der Waals surface area contributed by atoms with E-state index >= 15 is 0 Å². The Bertz CT molecular complexity index is 209. The number of carbonyl (C=O) groups is 1. The van der Waals surface area contributed by atoms with Crippen molar-refractivity contribution in [2.24, 2.45) is 0 Å². The molecule has 4 nitrogen and oxygen atoms in total. The van der Waals surface area contributed by atoms with Crippen molar-refractivity contribution in [3.05, 3.63) is 0 Å². The first-order chi connectivity index (χ1) is 7.36. The molecule has 2 aliphatic rings. The third kappa shape index (κ3) is 3.18. The molecule has 1 amide bonds. The molecule has 2 fully saturated rings. The molecule has 2 heterocycles. The summed E-state index contributed by atoms with van der Waals surface area (Å²) in [5.41, 5.74) is 0. The first kappa shape index (κ1) is 10.9. The maximum Gasteiger partial charge on any atom is 0.237 e. The quantitative estimate of drug-likeness (QED) is 0.697. The maximum absolute atomic E-state index is 11.8. The van der Waals surface area contributed by atoms with E-state index in [0.29, 0.717) is 6.61 Å². The highest BCUT2D eigenvalue weighted by molar-refractivity contribution is 5.82. The van der Waals surface area contributed by atoms with Gasteiger partial charge in [-0.3, -0.25) is 4.79 Å². The predicted octanol–water partition coefficient (Wildman–Crippen LogP) is 0.424. The van der Waals surface area contributed by atoms with Crippen LogP contribution >= 0.6 is 0 Å². The van der Waals surface area contributed by atoms with Gasteiger partial charge in [0.1, 0.15) is 0 Å². The average Bonchev–Trinajstić information content (AvgIpc) is 2.31. The summed E-state index contributed by atoms with van der Waals surface area (Å²) in [4.78, 5) is 11.8. The standard InChI is InChI=1S/C11H20N2O2/c14-11(10-5-1-2-6-12-10)13-9-4-3-7-15-8-9/h9-10,12H,1-8H2,(H,13,14)/t9?,10-/m0/s1. The van der Waals surface area contributed by atoms with Gasteiger partial charge in [0.15, 0.2) is 0 Å². The molecular weight excluding hydrogens is 192 g/mol. The van der Waals surface area contributed by atoms with Crippen molar-refractivity contribution in [2.75, 3.05) is 19.8 Å². The van der Waals surface area contributed by atoms with E-state index in [9.17, 15) is 4.79 Å². The van der Waals surface area contributed by atoms with Crippen LogP contribution < -0.4 is 10.6 Å². The fourth-order valence-electron chi connectivity index (χ4n) is 2.23. The Hall–Kier alpha value is -0.610. The van der Waals surface area contributed by atoms with Crippen molar-refractivity contribution in [2.45, 2.75) is 44.2 Å². The fourth-order valence-corrected chi connectivity index (χ4v) is 2.23. The molecule has 2 aliphatic heterocycles. The number of hydrogen-bond acceptors (Lipinski definition) is 3. The van der Waals surface area contributed by atoms with Crippen molar-refractivity contribution in [1.29, 1.82) is 0 Å². The highest BCUT2D eigenvalue weighted by Crippen LogP contribution is 2.09. The molecule has 2 atom stereocenters. The lowest BCUT2D eigenvalue weighted by Gasteiger charge is -2.27. The van der Waals surface area contributed by atoms with E-state index in [1.54, 1.807) is 0 Å². The van der Waals surface area contributed by atoms with Gasteiger partial charge in [-0.05, 0) is 32.2 Å². The zero-order valence-electron chi connectivity index (χ0n) is 9.13. The number of amides is 1. The van der Waals surface area contributed by atoms with Crippen LogP contribution in [-0.2, 0) is 9.53 Å². The smallest absolute Gasteiger partial charge is 0.237 e. The van der Waals surface area contributed by atoms with Gasteiger partial charge < -0.3 is 15.4 Å². The topological polar surface area (TPSA) is 50.4 Å². The molecule has 2 rings (SSSR count). The zero-order valence-corrected chi connectivity index (χ0v) is 9.13. The third-order valence-electron chi connectivity index (χ3n) is 3.13. The van der Waals surface area contributed by atoms with Crippen LogP contribution in [0.2, 0.25) is 0 Å². The Labute approximate surface area is 90.8 Å². The van der Waals surface area contributed by atoms with E-state index in [0.717, 1.165) is 38.8 Å². The van der Waals surface area contributed by atoms with Crippen LogP contribution in [-0.4, -0.2) is 37.7 Å². The van der Waals surface area contributed by atoms with Gasteiger partial charge >= 0.3 is 0 Å². The summed E-state index contributed by atoms with van der Waals surface area (Å²) in [6, 6.07) is 0.260. The minimum Gasteiger partial charge on any atom is -0.379 e. The summed E-state index contributed by atoms with van der Waals surface area (Å²) in [6.07, 6.45) is 5.43. The predicted molar refractivity (Wildman–Crippen MR) is 57.6 cm³/mol. The summed E-state index contributed by atoms with van der Waals surface area (Å²) in [5.74, 6) is 0.158. The Morgan fingerprint density at radius 3 is 2.87 bits per heavy atom. The lowest BCUT2D eigenvalue weighted by molar-refractivity contribution is -0.125. The second-order valence-corrected chi connectivity index (χ2v) is 4.43. The van der Waals surface area contributed by atoms with Crippen molar-refractivity contribution in [3.8, 4) is 0 Å². The van der Waals surface area contributed by atoms with Crippen LogP contribution in [0.3, 0.4) is 0 Å². The Morgan fingerprint density at radius 1 is 1.27 bits per heavy atom. The van der Waals surface area contributed by atoms with Crippen LogP contribution in [0.4, 0.5) is 0 Å². The normalized spacial score (nSPS) is 32.3. The number of nitrogens with one attached hydrogen (secondary N) is 2. The summed E-state index contributed by atoms with van der Waals surface area (Å²) < 4.78 is 5.34. The number of rotatable bonds is 2. The third-order valence-corrected chi connectivity index (χ3v) is 3.13. The van der Waals surface area contributed by atoms with Gasteiger partial charge in [-0.1, -0.05) is 6.42 Å². The molecular formula is C11H20N2O2. The van der Waals surface area contributed by atoms with E-state index in [2.05, 4.69) is 10.6 Å². The lowest BCUT2D eigenvalue weighted by Crippen LogP contribution is -2.51. The Balaban J connectivity index is 1.74. The van der Waals surface area contributed by atoms with Gasteiger partial charge in [0.25, 0.3) is 0 Å².